The monoisotopic (exact) mass is 353 g/mol. The van der Waals surface area contributed by atoms with Crippen molar-refractivity contribution < 1.29 is 17.9 Å². The number of likely N-dealkylation sites (tertiary alicyclic amines) is 1. The van der Waals surface area contributed by atoms with Crippen LogP contribution < -0.4 is 0 Å². The van der Waals surface area contributed by atoms with Crippen molar-refractivity contribution in [3.8, 4) is 0 Å². The van der Waals surface area contributed by atoms with E-state index in [1.54, 1.807) is 45.2 Å². The number of piperidine rings is 1. The Hall–Kier alpha value is -1.40. The van der Waals surface area contributed by atoms with Crippen LogP contribution >= 0.6 is 0 Å². The first-order valence-electron chi connectivity index (χ1n) is 8.44. The molecule has 1 aromatic carbocycles. The summed E-state index contributed by atoms with van der Waals surface area (Å²) in [6.45, 7) is 5.55. The average molecular weight is 353 g/mol. The van der Waals surface area contributed by atoms with Gasteiger partial charge in [0.1, 0.15) is 0 Å². The third-order valence-corrected chi connectivity index (χ3v) is 6.67. The number of amides is 1. The minimum atomic E-state index is -3.27. The van der Waals surface area contributed by atoms with Crippen molar-refractivity contribution in [1.29, 1.82) is 0 Å². The van der Waals surface area contributed by atoms with Gasteiger partial charge in [0, 0.05) is 20.2 Å². The second-order valence-corrected chi connectivity index (χ2v) is 9.22. The van der Waals surface area contributed by atoms with Gasteiger partial charge < -0.3 is 9.64 Å². The predicted octanol–water partition coefficient (Wildman–Crippen LogP) is 2.30. The van der Waals surface area contributed by atoms with E-state index in [9.17, 15) is 13.2 Å². The standard InChI is InChI=1S/C18H27NO4S/c1-14(2)24(21,22)17-8-6-15(7-9-17)11-18(20)19-10-4-5-16(12-19)13-23-3/h6-9,14,16H,4-5,10-13H2,1-3H3. The number of carbonyl (C=O) groups is 1. The molecule has 0 bridgehead atoms. The van der Waals surface area contributed by atoms with Crippen LogP contribution in [-0.4, -0.2) is 51.3 Å². The third-order valence-electron chi connectivity index (χ3n) is 4.50. The SMILES string of the molecule is COCC1CCCN(C(=O)Cc2ccc(S(=O)(=O)C(C)C)cc2)C1. The highest BCUT2D eigenvalue weighted by atomic mass is 32.2. The zero-order valence-electron chi connectivity index (χ0n) is 14.7. The third kappa shape index (κ3) is 4.57. The van der Waals surface area contributed by atoms with Gasteiger partial charge in [-0.25, -0.2) is 8.42 Å². The second kappa shape index (κ2) is 8.12. The fourth-order valence-electron chi connectivity index (χ4n) is 3.02. The molecule has 2 rings (SSSR count). The van der Waals surface area contributed by atoms with Crippen molar-refractivity contribution in [2.24, 2.45) is 5.92 Å². The molecule has 0 radical (unpaired) electrons. The van der Waals surface area contributed by atoms with Crippen LogP contribution in [0.2, 0.25) is 0 Å². The molecule has 1 atom stereocenters. The lowest BCUT2D eigenvalue weighted by atomic mass is 9.98. The molecule has 24 heavy (non-hydrogen) atoms. The highest BCUT2D eigenvalue weighted by Crippen LogP contribution is 2.19. The minimum absolute atomic E-state index is 0.0928. The van der Waals surface area contributed by atoms with Crippen molar-refractivity contribution in [2.75, 3.05) is 26.8 Å². The summed E-state index contributed by atoms with van der Waals surface area (Å²) in [4.78, 5) is 14.7. The van der Waals surface area contributed by atoms with E-state index in [2.05, 4.69) is 0 Å². The van der Waals surface area contributed by atoms with Gasteiger partial charge in [0.2, 0.25) is 5.91 Å². The maximum Gasteiger partial charge on any atom is 0.226 e. The van der Waals surface area contributed by atoms with Crippen molar-refractivity contribution in [1.82, 2.24) is 4.90 Å². The lowest BCUT2D eigenvalue weighted by Gasteiger charge is -2.32. The molecule has 5 nitrogen and oxygen atoms in total. The minimum Gasteiger partial charge on any atom is -0.384 e. The largest absolute Gasteiger partial charge is 0.384 e. The zero-order chi connectivity index (χ0) is 17.7. The molecule has 1 aliphatic rings. The topological polar surface area (TPSA) is 63.7 Å². The Kier molecular flexibility index (Phi) is 6.40. The Bertz CT molecular complexity index is 650. The normalized spacial score (nSPS) is 18.8. The number of nitrogens with zero attached hydrogens (tertiary/aromatic N) is 1. The van der Waals surface area contributed by atoms with Crippen molar-refractivity contribution in [3.63, 3.8) is 0 Å². The van der Waals surface area contributed by atoms with Gasteiger partial charge in [-0.3, -0.25) is 4.79 Å². The molecule has 0 spiro atoms. The van der Waals surface area contributed by atoms with Gasteiger partial charge in [-0.05, 0) is 50.3 Å². The van der Waals surface area contributed by atoms with Crippen molar-refractivity contribution in [3.05, 3.63) is 29.8 Å². The predicted molar refractivity (Wildman–Crippen MR) is 93.6 cm³/mol. The fraction of sp³-hybridized carbons (Fsp3) is 0.611. The van der Waals surface area contributed by atoms with Crippen molar-refractivity contribution >= 4 is 15.7 Å². The lowest BCUT2D eigenvalue weighted by Crippen LogP contribution is -2.41. The maximum atomic E-state index is 12.5. The van der Waals surface area contributed by atoms with Crippen LogP contribution in [-0.2, 0) is 25.8 Å². The maximum absolute atomic E-state index is 12.5. The number of sulfone groups is 1. The Morgan fingerprint density at radius 1 is 1.29 bits per heavy atom. The molecule has 0 aliphatic carbocycles. The highest BCUT2D eigenvalue weighted by molar-refractivity contribution is 7.92. The Morgan fingerprint density at radius 2 is 1.96 bits per heavy atom. The molecular formula is C18H27NO4S. The first kappa shape index (κ1) is 18.9. The number of methoxy groups -OCH3 is 1. The number of ether oxygens (including phenoxy) is 1. The quantitative estimate of drug-likeness (QED) is 0.787. The Labute approximate surface area is 144 Å². The van der Waals surface area contributed by atoms with Crippen LogP contribution in [0.3, 0.4) is 0 Å². The van der Waals surface area contributed by atoms with E-state index in [4.69, 9.17) is 4.74 Å². The molecule has 1 fully saturated rings. The van der Waals surface area contributed by atoms with Crippen LogP contribution in [0.4, 0.5) is 0 Å². The summed E-state index contributed by atoms with van der Waals surface area (Å²) in [5.41, 5.74) is 0.844. The molecule has 1 heterocycles. The van der Waals surface area contributed by atoms with Gasteiger partial charge in [-0.2, -0.15) is 0 Å². The van der Waals surface area contributed by atoms with Crippen LogP contribution in [0.5, 0.6) is 0 Å². The molecule has 1 aliphatic heterocycles. The van der Waals surface area contributed by atoms with Crippen LogP contribution in [0.15, 0.2) is 29.2 Å². The summed E-state index contributed by atoms with van der Waals surface area (Å²) in [5, 5.41) is -0.448. The van der Waals surface area contributed by atoms with Gasteiger partial charge in [0.25, 0.3) is 0 Å². The number of carbonyl (C=O) groups excluding carboxylic acids is 1. The first-order valence-corrected chi connectivity index (χ1v) is 9.98. The molecule has 1 saturated heterocycles. The van der Waals surface area contributed by atoms with Gasteiger partial charge >= 0.3 is 0 Å². The fourth-order valence-corrected chi connectivity index (χ4v) is 4.08. The molecule has 0 N–H and O–H groups in total. The Balaban J connectivity index is 1.99. The van der Waals surface area contributed by atoms with Gasteiger partial charge in [0.05, 0.1) is 23.2 Å². The lowest BCUT2D eigenvalue weighted by molar-refractivity contribution is -0.132. The molecule has 0 aromatic heterocycles. The van der Waals surface area contributed by atoms with E-state index < -0.39 is 15.1 Å². The van der Waals surface area contributed by atoms with Crippen LogP contribution in [0.25, 0.3) is 0 Å². The summed E-state index contributed by atoms with van der Waals surface area (Å²) in [6, 6.07) is 6.68. The zero-order valence-corrected chi connectivity index (χ0v) is 15.5. The van der Waals surface area contributed by atoms with Gasteiger partial charge in [0.15, 0.2) is 9.84 Å². The van der Waals surface area contributed by atoms with E-state index in [1.807, 2.05) is 4.90 Å². The molecule has 1 amide bonds. The highest BCUT2D eigenvalue weighted by Gasteiger charge is 2.24. The molecular weight excluding hydrogens is 326 g/mol. The van der Waals surface area contributed by atoms with E-state index in [1.165, 1.54) is 0 Å². The van der Waals surface area contributed by atoms with E-state index in [0.717, 1.165) is 31.5 Å². The van der Waals surface area contributed by atoms with Crippen LogP contribution in [0.1, 0.15) is 32.3 Å². The van der Waals surface area contributed by atoms with E-state index in [0.29, 0.717) is 23.8 Å². The summed E-state index contributed by atoms with van der Waals surface area (Å²) in [7, 11) is -1.58. The van der Waals surface area contributed by atoms with Gasteiger partial charge in [-0.15, -0.1) is 0 Å². The summed E-state index contributed by atoms with van der Waals surface area (Å²) >= 11 is 0. The van der Waals surface area contributed by atoms with Gasteiger partial charge in [-0.1, -0.05) is 12.1 Å². The molecule has 0 saturated carbocycles. The summed E-state index contributed by atoms with van der Waals surface area (Å²) < 4.78 is 29.4. The first-order chi connectivity index (χ1) is 11.3. The van der Waals surface area contributed by atoms with Crippen molar-refractivity contribution in [2.45, 2.75) is 43.3 Å². The van der Waals surface area contributed by atoms with Crippen LogP contribution in [0, 0.1) is 5.92 Å². The second-order valence-electron chi connectivity index (χ2n) is 6.72. The number of rotatable bonds is 6. The Morgan fingerprint density at radius 3 is 2.54 bits per heavy atom. The van der Waals surface area contributed by atoms with E-state index in [-0.39, 0.29) is 5.91 Å². The summed E-state index contributed by atoms with van der Waals surface area (Å²) in [5.74, 6) is 0.501. The smallest absolute Gasteiger partial charge is 0.226 e. The number of benzene rings is 1. The average Bonchev–Trinajstić information content (AvgIpc) is 2.56. The molecule has 1 unspecified atom stereocenters. The molecule has 6 heteroatoms. The summed E-state index contributed by atoms with van der Waals surface area (Å²) in [6.07, 6.45) is 2.41. The molecule has 134 valence electrons. The number of hydrogen-bond acceptors (Lipinski definition) is 4. The molecule has 1 aromatic rings. The van der Waals surface area contributed by atoms with E-state index >= 15 is 0 Å². The number of hydrogen-bond donors (Lipinski definition) is 0.